The summed E-state index contributed by atoms with van der Waals surface area (Å²) in [5.74, 6) is 2.01. The maximum atomic E-state index is 13.2. The molecule has 1 aromatic rings. The Morgan fingerprint density at radius 2 is 1.82 bits per heavy atom. The van der Waals surface area contributed by atoms with Gasteiger partial charge in [-0.05, 0) is 80.7 Å². The molecule has 4 rings (SSSR count). The number of nitrogens with one attached hydrogen (secondary N) is 2. The second-order valence-corrected chi connectivity index (χ2v) is 14.0. The van der Waals surface area contributed by atoms with Crippen molar-refractivity contribution in [1.82, 2.24) is 9.62 Å². The fourth-order valence-electron chi connectivity index (χ4n) is 6.76. The van der Waals surface area contributed by atoms with Gasteiger partial charge in [0.05, 0.1) is 5.75 Å². The number of piperidine rings is 1. The molecule has 2 aliphatic heterocycles. The maximum Gasteiger partial charge on any atom is 0.253 e. The number of unbranched alkanes of at least 4 members (excludes halogenated alkanes) is 3. The molecule has 2 heterocycles. The zero-order valence-electron chi connectivity index (χ0n) is 23.9. The summed E-state index contributed by atoms with van der Waals surface area (Å²) in [6, 6.07) is 4.13. The van der Waals surface area contributed by atoms with Crippen molar-refractivity contribution in [2.75, 3.05) is 31.2 Å². The van der Waals surface area contributed by atoms with Crippen molar-refractivity contribution in [2.24, 2.45) is 16.8 Å². The van der Waals surface area contributed by atoms with Crippen LogP contribution in [0.5, 0.6) is 0 Å². The van der Waals surface area contributed by atoms with Crippen LogP contribution in [0.15, 0.2) is 17.1 Å². The molecule has 1 aliphatic carbocycles. The van der Waals surface area contributed by atoms with Gasteiger partial charge in [-0.3, -0.25) is 9.79 Å². The Morgan fingerprint density at radius 1 is 1.11 bits per heavy atom. The third-order valence-electron chi connectivity index (χ3n) is 9.17. The zero-order chi connectivity index (χ0) is 27.3. The summed E-state index contributed by atoms with van der Waals surface area (Å²) in [4.78, 5) is 18.1. The van der Waals surface area contributed by atoms with Gasteiger partial charge < -0.3 is 10.6 Å². The third-order valence-corrected chi connectivity index (χ3v) is 11.0. The van der Waals surface area contributed by atoms with Crippen molar-refractivity contribution >= 4 is 27.5 Å². The van der Waals surface area contributed by atoms with E-state index in [1.165, 1.54) is 44.9 Å². The van der Waals surface area contributed by atoms with Crippen molar-refractivity contribution in [3.8, 4) is 0 Å². The Balaban J connectivity index is 1.34. The van der Waals surface area contributed by atoms with Crippen LogP contribution in [-0.4, -0.2) is 55.9 Å². The lowest BCUT2D eigenvalue weighted by Gasteiger charge is -2.35. The lowest BCUT2D eigenvalue weighted by Crippen LogP contribution is -2.51. The lowest BCUT2D eigenvalue weighted by atomic mass is 9.78. The number of sulfonamides is 1. The highest BCUT2D eigenvalue weighted by Crippen LogP contribution is 2.37. The molecule has 0 unspecified atom stereocenters. The highest BCUT2D eigenvalue weighted by molar-refractivity contribution is 7.89. The second-order valence-electron chi connectivity index (χ2n) is 11.9. The third kappa shape index (κ3) is 6.61. The van der Waals surface area contributed by atoms with Crippen LogP contribution in [-0.2, 0) is 21.2 Å². The molecule has 8 heteroatoms. The van der Waals surface area contributed by atoms with Crippen LogP contribution in [0.25, 0.3) is 0 Å². The zero-order valence-corrected chi connectivity index (χ0v) is 24.8. The molecule has 0 aromatic heterocycles. The van der Waals surface area contributed by atoms with Crippen molar-refractivity contribution in [3.05, 3.63) is 28.8 Å². The molecule has 3 aliphatic rings. The summed E-state index contributed by atoms with van der Waals surface area (Å²) in [5, 5.41) is 6.30. The second kappa shape index (κ2) is 12.5. The summed E-state index contributed by atoms with van der Waals surface area (Å²) in [5.41, 5.74) is 3.57. The van der Waals surface area contributed by atoms with Gasteiger partial charge in [-0.15, -0.1) is 0 Å². The van der Waals surface area contributed by atoms with Crippen LogP contribution in [0.4, 0.5) is 5.69 Å². The summed E-state index contributed by atoms with van der Waals surface area (Å²) in [6.45, 7) is 7.03. The Morgan fingerprint density at radius 3 is 2.47 bits per heavy atom. The molecule has 38 heavy (non-hydrogen) atoms. The molecule has 1 spiro atoms. The number of nitrogens with zero attached hydrogens (tertiary/aromatic N) is 2. The summed E-state index contributed by atoms with van der Waals surface area (Å²) in [7, 11) is -1.52. The Labute approximate surface area is 230 Å². The van der Waals surface area contributed by atoms with E-state index >= 15 is 0 Å². The fraction of sp³-hybridized carbons (Fsp3) is 0.733. The molecule has 0 radical (unpaired) electrons. The molecule has 1 amide bonds. The van der Waals surface area contributed by atoms with Gasteiger partial charge >= 0.3 is 0 Å². The highest BCUT2D eigenvalue weighted by atomic mass is 32.2. The van der Waals surface area contributed by atoms with Gasteiger partial charge in [0.25, 0.3) is 5.91 Å². The summed E-state index contributed by atoms with van der Waals surface area (Å²) < 4.78 is 28.1. The molecule has 7 nitrogen and oxygen atoms in total. The largest absolute Gasteiger partial charge is 0.388 e. The number of benzene rings is 1. The normalized spacial score (nSPS) is 23.9. The SMILES string of the molecule is CCCCCC[C@@H]1CCC[C@H](C2=NC3(CCN(S(=O)(=O)CCc4c(C)cc(NC)cc4C)CC3)C(=O)N2)C1. The van der Waals surface area contributed by atoms with E-state index in [1.54, 1.807) is 4.31 Å². The van der Waals surface area contributed by atoms with E-state index in [4.69, 9.17) is 4.99 Å². The Bertz CT molecular complexity index is 1100. The first-order chi connectivity index (χ1) is 18.2. The highest BCUT2D eigenvalue weighted by Gasteiger charge is 2.48. The fourth-order valence-corrected chi connectivity index (χ4v) is 8.22. The quantitative estimate of drug-likeness (QED) is 0.367. The molecule has 0 bridgehead atoms. The monoisotopic (exact) mass is 544 g/mol. The molecule has 1 saturated carbocycles. The number of amides is 1. The van der Waals surface area contributed by atoms with E-state index in [0.29, 0.717) is 38.3 Å². The number of hydrogen-bond donors (Lipinski definition) is 2. The molecule has 2 fully saturated rings. The smallest absolute Gasteiger partial charge is 0.253 e. The lowest BCUT2D eigenvalue weighted by molar-refractivity contribution is -0.125. The maximum absolute atomic E-state index is 13.2. The van der Waals surface area contributed by atoms with Gasteiger partial charge in [-0.1, -0.05) is 51.9 Å². The predicted molar refractivity (Wildman–Crippen MR) is 156 cm³/mol. The van der Waals surface area contributed by atoms with E-state index in [2.05, 4.69) is 29.7 Å². The van der Waals surface area contributed by atoms with Crippen LogP contribution >= 0.6 is 0 Å². The molecule has 212 valence electrons. The minimum Gasteiger partial charge on any atom is -0.388 e. The van der Waals surface area contributed by atoms with Crippen molar-refractivity contribution in [1.29, 1.82) is 0 Å². The average Bonchev–Trinajstić information content (AvgIpc) is 3.21. The number of rotatable bonds is 11. The first-order valence-electron chi connectivity index (χ1n) is 14.8. The van der Waals surface area contributed by atoms with Gasteiger partial charge in [0.15, 0.2) is 0 Å². The summed E-state index contributed by atoms with van der Waals surface area (Å²) >= 11 is 0. The molecule has 2 N–H and O–H groups in total. The Hall–Kier alpha value is -1.93. The first kappa shape index (κ1) is 29.1. The van der Waals surface area contributed by atoms with Crippen molar-refractivity contribution < 1.29 is 13.2 Å². The molecular weight excluding hydrogens is 496 g/mol. The van der Waals surface area contributed by atoms with E-state index in [1.807, 2.05) is 20.9 Å². The van der Waals surface area contributed by atoms with Crippen LogP contribution in [0.1, 0.15) is 94.2 Å². The van der Waals surface area contributed by atoms with Gasteiger partial charge in [-0.2, -0.15) is 0 Å². The first-order valence-corrected chi connectivity index (χ1v) is 16.4. The number of hydrogen-bond acceptors (Lipinski definition) is 5. The van der Waals surface area contributed by atoms with Crippen LogP contribution in [0.2, 0.25) is 0 Å². The number of aliphatic imine (C=N–C) groups is 1. The van der Waals surface area contributed by atoms with E-state index in [9.17, 15) is 13.2 Å². The van der Waals surface area contributed by atoms with E-state index in [0.717, 1.165) is 47.0 Å². The molecule has 2 atom stereocenters. The van der Waals surface area contributed by atoms with Crippen LogP contribution in [0.3, 0.4) is 0 Å². The van der Waals surface area contributed by atoms with Gasteiger partial charge in [0, 0.05) is 31.7 Å². The van der Waals surface area contributed by atoms with E-state index in [-0.39, 0.29) is 11.7 Å². The number of anilines is 1. The average molecular weight is 545 g/mol. The standard InChI is InChI=1S/C30H48N4O3S/c1-5-6-7-8-10-24-11-9-12-25(21-24)28-32-29(35)30(33-28)14-16-34(17-15-30)38(36,37)18-13-27-22(2)19-26(31-4)20-23(27)3/h19-20,24-25,31H,5-18,21H2,1-4H3,(H,32,33,35)/t24-,25+/m1/s1. The predicted octanol–water partition coefficient (Wildman–Crippen LogP) is 5.36. The van der Waals surface area contributed by atoms with Crippen LogP contribution in [0, 0.1) is 25.7 Å². The van der Waals surface area contributed by atoms with Crippen LogP contribution < -0.4 is 10.6 Å². The van der Waals surface area contributed by atoms with Gasteiger partial charge in [0.1, 0.15) is 11.4 Å². The summed E-state index contributed by atoms with van der Waals surface area (Å²) in [6.07, 6.45) is 12.6. The molecule has 1 saturated heterocycles. The number of carbonyl (C=O) groups is 1. The minimum absolute atomic E-state index is 0.0227. The molecular formula is C30H48N4O3S. The van der Waals surface area contributed by atoms with Crippen molar-refractivity contribution in [2.45, 2.75) is 103 Å². The molecule has 1 aromatic carbocycles. The Kier molecular flexibility index (Phi) is 9.56. The van der Waals surface area contributed by atoms with Gasteiger partial charge in [-0.25, -0.2) is 12.7 Å². The minimum atomic E-state index is -3.41. The number of carbonyl (C=O) groups excluding carboxylic acids is 1. The van der Waals surface area contributed by atoms with E-state index < -0.39 is 15.6 Å². The van der Waals surface area contributed by atoms with Crippen molar-refractivity contribution in [3.63, 3.8) is 0 Å². The van der Waals surface area contributed by atoms with Gasteiger partial charge in [0.2, 0.25) is 10.0 Å². The topological polar surface area (TPSA) is 90.9 Å². The number of amidine groups is 1. The number of aryl methyl sites for hydroxylation is 2.